The Hall–Kier alpha value is -0.910. The smallest absolute Gasteiger partial charge is 0.211 e. The molecule has 0 aromatic heterocycles. The Bertz CT molecular complexity index is 464. The Morgan fingerprint density at radius 3 is 2.26 bits per heavy atom. The third-order valence-corrected chi connectivity index (χ3v) is 3.99. The standard InChI is InChI=1S/C14H24N2O2S/c1-14(2,3)15-10-11-16-19(17,18)12-9-13-7-5-4-6-8-13/h4-8,15-16H,9-12H2,1-3H3. The average molecular weight is 284 g/mol. The molecule has 0 heterocycles. The number of hydrogen-bond acceptors (Lipinski definition) is 3. The second-order valence-corrected chi connectivity index (χ2v) is 7.55. The van der Waals surface area contributed by atoms with Crippen molar-refractivity contribution in [1.29, 1.82) is 0 Å². The summed E-state index contributed by atoms with van der Waals surface area (Å²) in [5.74, 6) is 0.131. The highest BCUT2D eigenvalue weighted by Gasteiger charge is 2.11. The van der Waals surface area contributed by atoms with Crippen molar-refractivity contribution in [3.8, 4) is 0 Å². The van der Waals surface area contributed by atoms with Crippen molar-refractivity contribution >= 4 is 10.0 Å². The van der Waals surface area contributed by atoms with Gasteiger partial charge in [0.15, 0.2) is 0 Å². The van der Waals surface area contributed by atoms with E-state index < -0.39 is 10.0 Å². The largest absolute Gasteiger partial charge is 0.311 e. The van der Waals surface area contributed by atoms with E-state index in [2.05, 4.69) is 30.8 Å². The van der Waals surface area contributed by atoms with Gasteiger partial charge in [-0.15, -0.1) is 0 Å². The highest BCUT2D eigenvalue weighted by Crippen LogP contribution is 2.01. The Balaban J connectivity index is 2.29. The fourth-order valence-electron chi connectivity index (χ4n) is 1.61. The summed E-state index contributed by atoms with van der Waals surface area (Å²) < 4.78 is 26.2. The van der Waals surface area contributed by atoms with E-state index in [1.807, 2.05) is 30.3 Å². The summed E-state index contributed by atoms with van der Waals surface area (Å²) in [5.41, 5.74) is 1.05. The number of rotatable bonds is 7. The molecule has 0 saturated carbocycles. The molecule has 0 aliphatic heterocycles. The minimum Gasteiger partial charge on any atom is -0.311 e. The summed E-state index contributed by atoms with van der Waals surface area (Å²) in [5, 5.41) is 3.24. The van der Waals surface area contributed by atoms with Crippen LogP contribution in [0.2, 0.25) is 0 Å². The maximum Gasteiger partial charge on any atom is 0.211 e. The van der Waals surface area contributed by atoms with Crippen LogP contribution in [0.3, 0.4) is 0 Å². The second-order valence-electron chi connectivity index (χ2n) is 5.63. The van der Waals surface area contributed by atoms with Crippen molar-refractivity contribution in [3.63, 3.8) is 0 Å². The van der Waals surface area contributed by atoms with E-state index in [9.17, 15) is 8.42 Å². The first-order chi connectivity index (χ1) is 8.79. The molecule has 0 bridgehead atoms. The topological polar surface area (TPSA) is 58.2 Å². The first-order valence-electron chi connectivity index (χ1n) is 6.55. The number of aryl methyl sites for hydroxylation is 1. The lowest BCUT2D eigenvalue weighted by molar-refractivity contribution is 0.428. The summed E-state index contributed by atoms with van der Waals surface area (Å²) in [7, 11) is -3.19. The van der Waals surface area contributed by atoms with Crippen molar-refractivity contribution < 1.29 is 8.42 Å². The van der Waals surface area contributed by atoms with Crippen molar-refractivity contribution in [2.24, 2.45) is 0 Å². The molecule has 1 aromatic carbocycles. The zero-order chi connectivity index (χ0) is 14.4. The van der Waals surface area contributed by atoms with Gasteiger partial charge in [0, 0.05) is 18.6 Å². The van der Waals surface area contributed by atoms with E-state index in [0.29, 0.717) is 19.5 Å². The number of hydrogen-bond donors (Lipinski definition) is 2. The van der Waals surface area contributed by atoms with Gasteiger partial charge in [0.1, 0.15) is 0 Å². The van der Waals surface area contributed by atoms with E-state index in [1.165, 1.54) is 0 Å². The van der Waals surface area contributed by atoms with Crippen LogP contribution in [0.1, 0.15) is 26.3 Å². The molecule has 4 nitrogen and oxygen atoms in total. The SMILES string of the molecule is CC(C)(C)NCCNS(=O)(=O)CCc1ccccc1. The van der Waals surface area contributed by atoms with E-state index in [1.54, 1.807) is 0 Å². The minimum absolute atomic E-state index is 0.00941. The molecule has 19 heavy (non-hydrogen) atoms. The third kappa shape index (κ3) is 7.97. The van der Waals surface area contributed by atoms with E-state index >= 15 is 0 Å². The summed E-state index contributed by atoms with van der Waals surface area (Å²) in [6.45, 7) is 7.22. The van der Waals surface area contributed by atoms with Gasteiger partial charge in [0.2, 0.25) is 10.0 Å². The molecule has 2 N–H and O–H groups in total. The lowest BCUT2D eigenvalue weighted by Crippen LogP contribution is -2.41. The highest BCUT2D eigenvalue weighted by atomic mass is 32.2. The van der Waals surface area contributed by atoms with Gasteiger partial charge in [-0.2, -0.15) is 0 Å². The molecule has 0 fully saturated rings. The predicted molar refractivity (Wildman–Crippen MR) is 79.7 cm³/mol. The predicted octanol–water partition coefficient (Wildman–Crippen LogP) is 1.54. The molecule has 0 saturated heterocycles. The van der Waals surface area contributed by atoms with Gasteiger partial charge in [0.05, 0.1) is 5.75 Å². The number of sulfonamides is 1. The lowest BCUT2D eigenvalue weighted by Gasteiger charge is -2.20. The molecule has 1 aromatic rings. The molecule has 0 radical (unpaired) electrons. The average Bonchev–Trinajstić information content (AvgIpc) is 2.33. The Morgan fingerprint density at radius 1 is 1.05 bits per heavy atom. The Labute approximate surface area is 116 Å². The van der Waals surface area contributed by atoms with Crippen molar-refractivity contribution in [1.82, 2.24) is 10.0 Å². The molecule has 0 aliphatic rings. The monoisotopic (exact) mass is 284 g/mol. The zero-order valence-electron chi connectivity index (χ0n) is 11.9. The summed E-state index contributed by atoms with van der Waals surface area (Å²) in [6, 6.07) is 9.65. The second kappa shape index (κ2) is 7.03. The number of nitrogens with one attached hydrogen (secondary N) is 2. The Morgan fingerprint density at radius 2 is 1.68 bits per heavy atom. The van der Waals surface area contributed by atoms with Crippen LogP contribution in [0, 0.1) is 0 Å². The van der Waals surface area contributed by atoms with Crippen LogP contribution < -0.4 is 10.0 Å². The van der Waals surface area contributed by atoms with E-state index in [0.717, 1.165) is 5.56 Å². The summed E-state index contributed by atoms with van der Waals surface area (Å²) in [6.07, 6.45) is 0.545. The van der Waals surface area contributed by atoms with Crippen molar-refractivity contribution in [2.75, 3.05) is 18.8 Å². The molecular weight excluding hydrogens is 260 g/mol. The first-order valence-corrected chi connectivity index (χ1v) is 8.20. The normalized spacial score (nSPS) is 12.6. The fourth-order valence-corrected chi connectivity index (χ4v) is 2.67. The first kappa shape index (κ1) is 16.1. The van der Waals surface area contributed by atoms with Gasteiger partial charge in [0.25, 0.3) is 0 Å². The van der Waals surface area contributed by atoms with Crippen LogP contribution in [0.4, 0.5) is 0 Å². The third-order valence-electron chi connectivity index (χ3n) is 2.60. The van der Waals surface area contributed by atoms with E-state index in [4.69, 9.17) is 0 Å². The fraction of sp³-hybridized carbons (Fsp3) is 0.571. The van der Waals surface area contributed by atoms with Gasteiger partial charge >= 0.3 is 0 Å². The van der Waals surface area contributed by atoms with Gasteiger partial charge in [-0.3, -0.25) is 0 Å². The molecule has 0 unspecified atom stereocenters. The zero-order valence-corrected chi connectivity index (χ0v) is 12.8. The maximum atomic E-state index is 11.8. The summed E-state index contributed by atoms with van der Waals surface area (Å²) >= 11 is 0. The number of benzene rings is 1. The Kier molecular flexibility index (Phi) is 5.97. The van der Waals surface area contributed by atoms with Crippen LogP contribution >= 0.6 is 0 Å². The van der Waals surface area contributed by atoms with Gasteiger partial charge < -0.3 is 5.32 Å². The minimum atomic E-state index is -3.19. The van der Waals surface area contributed by atoms with Crippen molar-refractivity contribution in [3.05, 3.63) is 35.9 Å². The maximum absolute atomic E-state index is 11.8. The molecule has 0 aliphatic carbocycles. The molecule has 0 spiro atoms. The summed E-state index contributed by atoms with van der Waals surface area (Å²) in [4.78, 5) is 0. The molecule has 5 heteroatoms. The van der Waals surface area contributed by atoms with Gasteiger partial charge in [-0.05, 0) is 32.8 Å². The van der Waals surface area contributed by atoms with Gasteiger partial charge in [-0.25, -0.2) is 13.1 Å². The van der Waals surface area contributed by atoms with E-state index in [-0.39, 0.29) is 11.3 Å². The molecule has 0 amide bonds. The molecule has 108 valence electrons. The lowest BCUT2D eigenvalue weighted by atomic mass is 10.1. The highest BCUT2D eigenvalue weighted by molar-refractivity contribution is 7.89. The van der Waals surface area contributed by atoms with Gasteiger partial charge in [-0.1, -0.05) is 30.3 Å². The molecule has 1 rings (SSSR count). The quantitative estimate of drug-likeness (QED) is 0.747. The van der Waals surface area contributed by atoms with Crippen LogP contribution in [0.5, 0.6) is 0 Å². The molecule has 0 atom stereocenters. The van der Waals surface area contributed by atoms with Crippen LogP contribution in [-0.2, 0) is 16.4 Å². The molecular formula is C14H24N2O2S. The van der Waals surface area contributed by atoms with Crippen LogP contribution in [-0.4, -0.2) is 32.8 Å². The van der Waals surface area contributed by atoms with Crippen molar-refractivity contribution in [2.45, 2.75) is 32.7 Å². The van der Waals surface area contributed by atoms with Crippen LogP contribution in [0.15, 0.2) is 30.3 Å². The van der Waals surface area contributed by atoms with Crippen LogP contribution in [0.25, 0.3) is 0 Å².